The van der Waals surface area contributed by atoms with Crippen molar-refractivity contribution in [3.63, 3.8) is 0 Å². The Balaban J connectivity index is 1.80. The summed E-state index contributed by atoms with van der Waals surface area (Å²) < 4.78 is 1.55. The molecule has 132 valence electrons. The zero-order valence-corrected chi connectivity index (χ0v) is 14.6. The van der Waals surface area contributed by atoms with E-state index in [-0.39, 0.29) is 0 Å². The number of aryl methyl sites for hydroxylation is 2. The number of anilines is 1. The Morgan fingerprint density at radius 3 is 2.19 bits per heavy atom. The van der Waals surface area contributed by atoms with Gasteiger partial charge >= 0.3 is 11.8 Å². The molecule has 0 aliphatic rings. The molecule has 2 amide bonds. The molecule has 2 N–H and O–H groups in total. The average Bonchev–Trinajstić information content (AvgIpc) is 3.06. The lowest BCUT2D eigenvalue weighted by atomic mass is 9.98. The van der Waals surface area contributed by atoms with Crippen LogP contribution in [0.3, 0.4) is 0 Å². The van der Waals surface area contributed by atoms with Crippen molar-refractivity contribution in [1.82, 2.24) is 15.1 Å². The van der Waals surface area contributed by atoms with E-state index < -0.39 is 17.9 Å². The van der Waals surface area contributed by atoms with Gasteiger partial charge in [0.25, 0.3) is 0 Å². The minimum absolute atomic E-state index is 0.333. The lowest BCUT2D eigenvalue weighted by molar-refractivity contribution is -0.136. The number of hydrogen-bond donors (Lipinski definition) is 2. The first-order chi connectivity index (χ1) is 12.5. The molecule has 2 aromatic carbocycles. The molecular weight excluding hydrogens is 328 g/mol. The molecule has 0 fully saturated rings. The summed E-state index contributed by atoms with van der Waals surface area (Å²) in [5.74, 6) is -1.14. The summed E-state index contributed by atoms with van der Waals surface area (Å²) in [5, 5.41) is 9.35. The molecule has 26 heavy (non-hydrogen) atoms. The van der Waals surface area contributed by atoms with Gasteiger partial charge in [0.15, 0.2) is 5.82 Å². The van der Waals surface area contributed by atoms with Crippen molar-refractivity contribution in [2.45, 2.75) is 13.0 Å². The van der Waals surface area contributed by atoms with E-state index in [4.69, 9.17) is 0 Å². The summed E-state index contributed by atoms with van der Waals surface area (Å²) in [4.78, 5) is 24.6. The Hall–Kier alpha value is -3.41. The van der Waals surface area contributed by atoms with Crippen molar-refractivity contribution in [2.24, 2.45) is 7.05 Å². The quantitative estimate of drug-likeness (QED) is 0.712. The van der Waals surface area contributed by atoms with Crippen LogP contribution >= 0.6 is 0 Å². The summed E-state index contributed by atoms with van der Waals surface area (Å²) in [5.41, 5.74) is 2.93. The van der Waals surface area contributed by atoms with Gasteiger partial charge in [0.05, 0.1) is 6.04 Å². The lowest BCUT2D eigenvalue weighted by Crippen LogP contribution is -2.38. The van der Waals surface area contributed by atoms with Crippen LogP contribution in [0.15, 0.2) is 66.9 Å². The summed E-state index contributed by atoms with van der Waals surface area (Å²) in [6.07, 6.45) is 1.69. The molecule has 0 saturated heterocycles. The molecule has 0 saturated carbocycles. The summed E-state index contributed by atoms with van der Waals surface area (Å²) in [6.45, 7) is 2.00. The molecule has 0 aliphatic heterocycles. The van der Waals surface area contributed by atoms with Crippen molar-refractivity contribution in [3.8, 4) is 0 Å². The SMILES string of the molecule is Cc1ccc(C(NC(=O)C(=O)Nc2ccn(C)n2)c2ccccc2)cc1. The predicted octanol–water partition coefficient (Wildman–Crippen LogP) is 2.57. The first kappa shape index (κ1) is 17.4. The molecule has 0 bridgehead atoms. The topological polar surface area (TPSA) is 76.0 Å². The van der Waals surface area contributed by atoms with E-state index in [1.807, 2.05) is 61.5 Å². The fraction of sp³-hybridized carbons (Fsp3) is 0.150. The molecule has 0 aliphatic carbocycles. The van der Waals surface area contributed by atoms with Crippen molar-refractivity contribution in [2.75, 3.05) is 5.32 Å². The molecule has 1 unspecified atom stereocenters. The third kappa shape index (κ3) is 4.16. The van der Waals surface area contributed by atoms with Gasteiger partial charge in [-0.25, -0.2) is 0 Å². The Labute approximate surface area is 151 Å². The third-order valence-corrected chi connectivity index (χ3v) is 3.98. The number of benzene rings is 2. The van der Waals surface area contributed by atoms with Crippen molar-refractivity contribution < 1.29 is 9.59 Å². The fourth-order valence-corrected chi connectivity index (χ4v) is 2.61. The Bertz CT molecular complexity index is 901. The van der Waals surface area contributed by atoms with Gasteiger partial charge in [-0.05, 0) is 18.1 Å². The molecule has 1 atom stereocenters. The zero-order chi connectivity index (χ0) is 18.5. The van der Waals surface area contributed by atoms with Gasteiger partial charge in [-0.1, -0.05) is 60.2 Å². The number of hydrogen-bond acceptors (Lipinski definition) is 3. The van der Waals surface area contributed by atoms with E-state index in [1.54, 1.807) is 24.0 Å². The van der Waals surface area contributed by atoms with Crippen LogP contribution in [-0.4, -0.2) is 21.6 Å². The standard InChI is InChI=1S/C20H20N4O2/c1-14-8-10-16(11-9-14)18(15-6-4-3-5-7-15)22-20(26)19(25)21-17-12-13-24(2)23-17/h3-13,18H,1-2H3,(H,22,26)(H,21,23,25). The van der Waals surface area contributed by atoms with Gasteiger partial charge in [-0.15, -0.1) is 0 Å². The maximum Gasteiger partial charge on any atom is 0.314 e. The van der Waals surface area contributed by atoms with Crippen LogP contribution in [0.4, 0.5) is 5.82 Å². The average molecular weight is 348 g/mol. The Kier molecular flexibility index (Phi) is 5.12. The highest BCUT2D eigenvalue weighted by molar-refractivity contribution is 6.39. The largest absolute Gasteiger partial charge is 0.337 e. The second-order valence-corrected chi connectivity index (χ2v) is 6.06. The molecule has 1 aromatic heterocycles. The number of carbonyl (C=O) groups excluding carboxylic acids is 2. The number of nitrogens with zero attached hydrogens (tertiary/aromatic N) is 2. The van der Waals surface area contributed by atoms with E-state index in [0.29, 0.717) is 5.82 Å². The van der Waals surface area contributed by atoms with Crippen molar-refractivity contribution >= 4 is 17.6 Å². The summed E-state index contributed by atoms with van der Waals surface area (Å²) in [6, 6.07) is 18.6. The van der Waals surface area contributed by atoms with Gasteiger partial charge in [0.2, 0.25) is 0 Å². The summed E-state index contributed by atoms with van der Waals surface area (Å²) in [7, 11) is 1.73. The van der Waals surface area contributed by atoms with E-state index in [1.165, 1.54) is 0 Å². The van der Waals surface area contributed by atoms with Crippen molar-refractivity contribution in [1.29, 1.82) is 0 Å². The molecule has 3 rings (SSSR count). The van der Waals surface area contributed by atoms with Gasteiger partial charge in [0.1, 0.15) is 0 Å². The second-order valence-electron chi connectivity index (χ2n) is 6.06. The van der Waals surface area contributed by atoms with E-state index in [0.717, 1.165) is 16.7 Å². The Morgan fingerprint density at radius 2 is 1.58 bits per heavy atom. The maximum absolute atomic E-state index is 12.4. The van der Waals surface area contributed by atoms with Crippen molar-refractivity contribution in [3.05, 3.63) is 83.6 Å². The van der Waals surface area contributed by atoms with Crippen LogP contribution in [-0.2, 0) is 16.6 Å². The Morgan fingerprint density at radius 1 is 0.923 bits per heavy atom. The van der Waals surface area contributed by atoms with Crippen LogP contribution in [0.5, 0.6) is 0 Å². The normalized spacial score (nSPS) is 11.6. The number of aromatic nitrogens is 2. The minimum atomic E-state index is -0.753. The van der Waals surface area contributed by atoms with Gasteiger partial charge in [0, 0.05) is 19.3 Å². The van der Waals surface area contributed by atoms with Gasteiger partial charge in [-0.2, -0.15) is 5.10 Å². The predicted molar refractivity (Wildman–Crippen MR) is 99.4 cm³/mol. The third-order valence-electron chi connectivity index (χ3n) is 3.98. The highest BCUT2D eigenvalue weighted by atomic mass is 16.2. The monoisotopic (exact) mass is 348 g/mol. The molecule has 3 aromatic rings. The molecule has 6 nitrogen and oxygen atoms in total. The van der Waals surface area contributed by atoms with Crippen LogP contribution < -0.4 is 10.6 Å². The fourth-order valence-electron chi connectivity index (χ4n) is 2.61. The maximum atomic E-state index is 12.4. The highest BCUT2D eigenvalue weighted by Gasteiger charge is 2.22. The first-order valence-corrected chi connectivity index (χ1v) is 8.26. The smallest absolute Gasteiger partial charge is 0.314 e. The van der Waals surface area contributed by atoms with Crippen LogP contribution in [0.1, 0.15) is 22.7 Å². The minimum Gasteiger partial charge on any atom is -0.337 e. The zero-order valence-electron chi connectivity index (χ0n) is 14.6. The number of carbonyl (C=O) groups is 2. The van der Waals surface area contributed by atoms with Crippen LogP contribution in [0, 0.1) is 6.92 Å². The molecule has 1 heterocycles. The van der Waals surface area contributed by atoms with E-state index >= 15 is 0 Å². The van der Waals surface area contributed by atoms with Gasteiger partial charge in [-0.3, -0.25) is 14.3 Å². The lowest BCUT2D eigenvalue weighted by Gasteiger charge is -2.19. The molecule has 0 spiro atoms. The van der Waals surface area contributed by atoms with Gasteiger partial charge < -0.3 is 10.6 Å². The molecular formula is C20H20N4O2. The highest BCUT2D eigenvalue weighted by Crippen LogP contribution is 2.22. The van der Waals surface area contributed by atoms with Crippen LogP contribution in [0.25, 0.3) is 0 Å². The van der Waals surface area contributed by atoms with E-state index in [9.17, 15) is 9.59 Å². The number of rotatable bonds is 4. The second kappa shape index (κ2) is 7.65. The number of nitrogens with one attached hydrogen (secondary N) is 2. The summed E-state index contributed by atoms with van der Waals surface area (Å²) >= 11 is 0. The molecule has 6 heteroatoms. The number of amides is 2. The molecule has 0 radical (unpaired) electrons. The van der Waals surface area contributed by atoms with Crippen LogP contribution in [0.2, 0.25) is 0 Å². The first-order valence-electron chi connectivity index (χ1n) is 8.26. The van der Waals surface area contributed by atoms with E-state index in [2.05, 4.69) is 15.7 Å².